The highest BCUT2D eigenvalue weighted by atomic mass is 16.4. The summed E-state index contributed by atoms with van der Waals surface area (Å²) in [5.74, 6) is -0.742. The first kappa shape index (κ1) is 18.0. The summed E-state index contributed by atoms with van der Waals surface area (Å²) in [5.41, 5.74) is 1.08. The number of carbonyl (C=O) groups is 1. The lowest BCUT2D eigenvalue weighted by Gasteiger charge is -1.95. The van der Waals surface area contributed by atoms with Crippen molar-refractivity contribution >= 4 is 5.97 Å². The van der Waals surface area contributed by atoms with Gasteiger partial charge in [-0.05, 0) is 25.8 Å². The van der Waals surface area contributed by atoms with Crippen LogP contribution in [-0.4, -0.2) is 34.5 Å². The van der Waals surface area contributed by atoms with Gasteiger partial charge in [-0.15, -0.1) is 0 Å². The number of rotatable bonds is 3. The Morgan fingerprint density at radius 1 is 1.06 bits per heavy atom. The number of carboxylic acid groups (broad SMARTS) is 1. The van der Waals surface area contributed by atoms with Crippen LogP contribution in [0.4, 0.5) is 0 Å². The molecule has 0 unspecified atom stereocenters. The van der Waals surface area contributed by atoms with Gasteiger partial charge >= 0.3 is 5.97 Å². The quantitative estimate of drug-likeness (QED) is 0.754. The van der Waals surface area contributed by atoms with Gasteiger partial charge in [0.05, 0.1) is 0 Å². The molecule has 0 bridgehead atoms. The molecule has 0 saturated carbocycles. The third kappa shape index (κ3) is 17.2. The summed E-state index contributed by atoms with van der Waals surface area (Å²) in [6.07, 6.45) is 0.834. The van der Waals surface area contributed by atoms with Crippen molar-refractivity contribution in [3.63, 3.8) is 0 Å². The van der Waals surface area contributed by atoms with Gasteiger partial charge in [-0.3, -0.25) is 4.79 Å². The van der Waals surface area contributed by atoms with Crippen molar-refractivity contribution in [3.05, 3.63) is 35.9 Å². The Labute approximate surface area is 103 Å². The van der Waals surface area contributed by atoms with Crippen molar-refractivity contribution in [1.82, 2.24) is 0 Å². The number of hydrogen-bond donors (Lipinski definition) is 3. The number of benzene rings is 1. The normalized spacial score (nSPS) is 8.24. The van der Waals surface area contributed by atoms with Gasteiger partial charge in [0, 0.05) is 19.6 Å². The van der Waals surface area contributed by atoms with Gasteiger partial charge in [-0.25, -0.2) is 0 Å². The van der Waals surface area contributed by atoms with E-state index < -0.39 is 5.97 Å². The molecule has 0 amide bonds. The number of aliphatic hydroxyl groups is 2. The van der Waals surface area contributed by atoms with E-state index >= 15 is 0 Å². The Morgan fingerprint density at radius 2 is 1.47 bits per heavy atom. The van der Waals surface area contributed by atoms with E-state index in [1.165, 1.54) is 0 Å². The maximum Gasteiger partial charge on any atom is 0.303 e. The van der Waals surface area contributed by atoms with Crippen LogP contribution in [-0.2, 0) is 11.2 Å². The largest absolute Gasteiger partial charge is 0.481 e. The third-order valence-electron chi connectivity index (χ3n) is 1.47. The molecule has 0 spiro atoms. The molecule has 17 heavy (non-hydrogen) atoms. The summed E-state index contributed by atoms with van der Waals surface area (Å²) in [4.78, 5) is 10.2. The van der Waals surface area contributed by atoms with Crippen molar-refractivity contribution in [2.75, 3.05) is 13.2 Å². The number of aliphatic carboxylic acids is 1. The molecule has 0 heterocycles. The molecule has 1 aromatic rings. The Kier molecular flexibility index (Phi) is 15.5. The summed E-state index contributed by atoms with van der Waals surface area (Å²) < 4.78 is 0. The van der Waals surface area contributed by atoms with E-state index in [2.05, 4.69) is 0 Å². The predicted molar refractivity (Wildman–Crippen MR) is 67.9 cm³/mol. The van der Waals surface area contributed by atoms with Gasteiger partial charge in [0.1, 0.15) is 0 Å². The SMILES string of the molecule is CCO.CCO.O=C(O)CCc1ccccc1. The number of aliphatic hydroxyl groups excluding tert-OH is 2. The monoisotopic (exact) mass is 242 g/mol. The standard InChI is InChI=1S/C9H10O2.2C2H6O/c10-9(11)7-6-8-4-2-1-3-5-8;2*1-2-3/h1-5H,6-7H2,(H,10,11);2*3H,2H2,1H3. The summed E-state index contributed by atoms with van der Waals surface area (Å²) >= 11 is 0. The Morgan fingerprint density at radius 3 is 1.82 bits per heavy atom. The lowest BCUT2D eigenvalue weighted by Crippen LogP contribution is -1.96. The number of carboxylic acids is 1. The number of hydrogen-bond acceptors (Lipinski definition) is 3. The second kappa shape index (κ2) is 14.6. The van der Waals surface area contributed by atoms with Crippen LogP contribution in [0.1, 0.15) is 25.8 Å². The van der Waals surface area contributed by atoms with Crippen LogP contribution in [0.5, 0.6) is 0 Å². The maximum absolute atomic E-state index is 10.2. The Balaban J connectivity index is 0. The second-order valence-electron chi connectivity index (χ2n) is 3.01. The van der Waals surface area contributed by atoms with Crippen LogP contribution < -0.4 is 0 Å². The third-order valence-corrected chi connectivity index (χ3v) is 1.47. The fraction of sp³-hybridized carbons (Fsp3) is 0.462. The number of aryl methyl sites for hydroxylation is 1. The molecule has 0 aliphatic rings. The Hall–Kier alpha value is -1.39. The highest BCUT2D eigenvalue weighted by Gasteiger charge is 1.96. The van der Waals surface area contributed by atoms with Crippen molar-refractivity contribution in [1.29, 1.82) is 0 Å². The average molecular weight is 242 g/mol. The molecule has 98 valence electrons. The van der Waals surface area contributed by atoms with Crippen molar-refractivity contribution in [2.24, 2.45) is 0 Å². The molecule has 0 radical (unpaired) electrons. The van der Waals surface area contributed by atoms with Gasteiger partial charge in [0.2, 0.25) is 0 Å². The fourth-order valence-corrected chi connectivity index (χ4v) is 0.896. The van der Waals surface area contributed by atoms with Crippen LogP contribution in [0.15, 0.2) is 30.3 Å². The maximum atomic E-state index is 10.2. The molecule has 3 N–H and O–H groups in total. The molecule has 0 atom stereocenters. The highest BCUT2D eigenvalue weighted by Crippen LogP contribution is 2.01. The molecule has 4 nitrogen and oxygen atoms in total. The van der Waals surface area contributed by atoms with E-state index in [-0.39, 0.29) is 19.6 Å². The lowest BCUT2D eigenvalue weighted by atomic mass is 10.1. The van der Waals surface area contributed by atoms with E-state index in [1.807, 2.05) is 30.3 Å². The topological polar surface area (TPSA) is 77.8 Å². The first-order valence-corrected chi connectivity index (χ1v) is 5.59. The van der Waals surface area contributed by atoms with Crippen LogP contribution in [0.25, 0.3) is 0 Å². The minimum atomic E-state index is -0.742. The van der Waals surface area contributed by atoms with Crippen LogP contribution in [0, 0.1) is 0 Å². The highest BCUT2D eigenvalue weighted by molar-refractivity contribution is 5.67. The van der Waals surface area contributed by atoms with Gasteiger partial charge in [-0.2, -0.15) is 0 Å². The minimum Gasteiger partial charge on any atom is -0.481 e. The Bertz CT molecular complexity index is 257. The molecule has 0 fully saturated rings. The fourth-order valence-electron chi connectivity index (χ4n) is 0.896. The summed E-state index contributed by atoms with van der Waals surface area (Å²) in [7, 11) is 0. The van der Waals surface area contributed by atoms with E-state index in [1.54, 1.807) is 13.8 Å². The molecule has 0 aromatic heterocycles. The zero-order valence-electron chi connectivity index (χ0n) is 10.5. The van der Waals surface area contributed by atoms with Crippen LogP contribution in [0.2, 0.25) is 0 Å². The zero-order chi connectivity index (χ0) is 13.5. The van der Waals surface area contributed by atoms with Gasteiger partial charge < -0.3 is 15.3 Å². The van der Waals surface area contributed by atoms with Gasteiger partial charge in [0.25, 0.3) is 0 Å². The zero-order valence-corrected chi connectivity index (χ0v) is 10.5. The molecular weight excluding hydrogens is 220 g/mol. The van der Waals surface area contributed by atoms with Gasteiger partial charge in [-0.1, -0.05) is 30.3 Å². The molecule has 0 aliphatic heterocycles. The minimum absolute atomic E-state index is 0.212. The van der Waals surface area contributed by atoms with E-state index in [4.69, 9.17) is 15.3 Å². The molecule has 1 rings (SSSR count). The second-order valence-corrected chi connectivity index (χ2v) is 3.01. The molecule has 0 aliphatic carbocycles. The summed E-state index contributed by atoms with van der Waals surface area (Å²) in [6.45, 7) is 3.86. The van der Waals surface area contributed by atoms with Crippen molar-refractivity contribution < 1.29 is 20.1 Å². The van der Waals surface area contributed by atoms with Crippen LogP contribution >= 0.6 is 0 Å². The van der Waals surface area contributed by atoms with Crippen LogP contribution in [0.3, 0.4) is 0 Å². The van der Waals surface area contributed by atoms with Gasteiger partial charge in [0.15, 0.2) is 0 Å². The van der Waals surface area contributed by atoms with E-state index in [0.717, 1.165) is 5.56 Å². The molecule has 0 saturated heterocycles. The smallest absolute Gasteiger partial charge is 0.303 e. The molecule has 4 heteroatoms. The molecular formula is C13H22O4. The first-order valence-electron chi connectivity index (χ1n) is 5.59. The van der Waals surface area contributed by atoms with Crippen molar-refractivity contribution in [3.8, 4) is 0 Å². The van der Waals surface area contributed by atoms with Crippen molar-refractivity contribution in [2.45, 2.75) is 26.7 Å². The van der Waals surface area contributed by atoms with E-state index in [0.29, 0.717) is 6.42 Å². The lowest BCUT2D eigenvalue weighted by molar-refractivity contribution is -0.136. The molecule has 1 aromatic carbocycles. The average Bonchev–Trinajstić information content (AvgIpc) is 2.30. The predicted octanol–water partition coefficient (Wildman–Crippen LogP) is 1.70. The summed E-state index contributed by atoms with van der Waals surface area (Å²) in [5, 5.41) is 23.5. The first-order chi connectivity index (χ1) is 8.12. The van der Waals surface area contributed by atoms with E-state index in [9.17, 15) is 4.79 Å². The summed E-state index contributed by atoms with van der Waals surface area (Å²) in [6, 6.07) is 9.62.